The molecule has 1 amide bonds. The van der Waals surface area contributed by atoms with Gasteiger partial charge < -0.3 is 9.42 Å². The van der Waals surface area contributed by atoms with Gasteiger partial charge in [0.05, 0.1) is 5.56 Å². The zero-order valence-electron chi connectivity index (χ0n) is 14.4. The summed E-state index contributed by atoms with van der Waals surface area (Å²) in [6.07, 6.45) is 1.74. The number of aryl methyl sites for hydroxylation is 1. The summed E-state index contributed by atoms with van der Waals surface area (Å²) in [6.45, 7) is 2.71. The van der Waals surface area contributed by atoms with Crippen LogP contribution in [0, 0.1) is 6.92 Å². The van der Waals surface area contributed by atoms with Crippen LogP contribution in [0.2, 0.25) is 0 Å². The van der Waals surface area contributed by atoms with Gasteiger partial charge in [0.2, 0.25) is 11.7 Å². The van der Waals surface area contributed by atoms with E-state index in [0.717, 1.165) is 28.4 Å². The number of likely N-dealkylation sites (tertiary alicyclic amines) is 1. The summed E-state index contributed by atoms with van der Waals surface area (Å²) >= 11 is 3.46. The highest BCUT2D eigenvalue weighted by Gasteiger charge is 2.35. The Morgan fingerprint density at radius 3 is 2.88 bits per heavy atom. The second kappa shape index (κ2) is 7.03. The van der Waals surface area contributed by atoms with Crippen molar-refractivity contribution >= 4 is 21.8 Å². The highest BCUT2D eigenvalue weighted by atomic mass is 79.9. The molecule has 1 saturated heterocycles. The third-order valence-corrected chi connectivity index (χ3v) is 5.31. The number of carbonyl (C=O) groups excluding carboxylic acids is 1. The summed E-state index contributed by atoms with van der Waals surface area (Å²) in [5.41, 5.74) is 2.71. The van der Waals surface area contributed by atoms with Crippen LogP contribution < -0.4 is 0 Å². The van der Waals surface area contributed by atoms with Gasteiger partial charge in [-0.05, 0) is 53.9 Å². The normalized spacial score (nSPS) is 16.8. The van der Waals surface area contributed by atoms with E-state index >= 15 is 0 Å². The van der Waals surface area contributed by atoms with Crippen molar-refractivity contribution in [3.05, 3.63) is 70.0 Å². The van der Waals surface area contributed by atoms with Gasteiger partial charge in [-0.1, -0.05) is 41.1 Å². The van der Waals surface area contributed by atoms with Gasteiger partial charge in [-0.15, -0.1) is 0 Å². The van der Waals surface area contributed by atoms with E-state index in [0.29, 0.717) is 23.8 Å². The fourth-order valence-corrected chi connectivity index (χ4v) is 3.78. The van der Waals surface area contributed by atoms with Crippen LogP contribution in [-0.4, -0.2) is 27.5 Å². The number of rotatable bonds is 3. The Labute approximate surface area is 160 Å². The molecule has 1 atom stereocenters. The lowest BCUT2D eigenvalue weighted by molar-refractivity contribution is 0.0709. The van der Waals surface area contributed by atoms with Crippen LogP contribution in [0.3, 0.4) is 0 Å². The number of hydrogen-bond donors (Lipinski definition) is 0. The lowest BCUT2D eigenvalue weighted by Crippen LogP contribution is -2.31. The molecule has 1 aliphatic heterocycles. The average molecular weight is 412 g/mol. The Bertz CT molecular complexity index is 953. The minimum atomic E-state index is -0.180. The molecular weight excluding hydrogens is 394 g/mol. The highest BCUT2D eigenvalue weighted by molar-refractivity contribution is 9.10. The van der Waals surface area contributed by atoms with Crippen molar-refractivity contribution in [1.29, 1.82) is 0 Å². The molecule has 1 fully saturated rings. The Kier molecular flexibility index (Phi) is 4.59. The predicted molar refractivity (Wildman–Crippen MR) is 102 cm³/mol. The molecule has 4 rings (SSSR count). The van der Waals surface area contributed by atoms with E-state index in [9.17, 15) is 4.79 Å². The topological polar surface area (TPSA) is 59.2 Å². The van der Waals surface area contributed by atoms with Gasteiger partial charge in [-0.2, -0.15) is 4.98 Å². The molecule has 1 unspecified atom stereocenters. The van der Waals surface area contributed by atoms with Crippen molar-refractivity contribution in [2.75, 3.05) is 6.54 Å². The molecule has 6 heteroatoms. The van der Waals surface area contributed by atoms with Crippen LogP contribution in [0.1, 0.15) is 40.7 Å². The minimum Gasteiger partial charge on any atom is -0.337 e. The Balaban J connectivity index is 1.61. The first-order valence-electron chi connectivity index (χ1n) is 8.59. The van der Waals surface area contributed by atoms with Crippen LogP contribution in [0.4, 0.5) is 0 Å². The molecule has 3 aromatic rings. The van der Waals surface area contributed by atoms with E-state index in [1.807, 2.05) is 60.4 Å². The lowest BCUT2D eigenvalue weighted by Gasteiger charge is -2.22. The van der Waals surface area contributed by atoms with Gasteiger partial charge in [0, 0.05) is 16.6 Å². The Morgan fingerprint density at radius 2 is 2.08 bits per heavy atom. The lowest BCUT2D eigenvalue weighted by atomic mass is 10.1. The molecule has 0 bridgehead atoms. The molecule has 2 aromatic carbocycles. The number of aromatic nitrogens is 2. The number of halogens is 1. The van der Waals surface area contributed by atoms with Gasteiger partial charge in [0.15, 0.2) is 0 Å². The van der Waals surface area contributed by atoms with E-state index in [1.54, 1.807) is 0 Å². The maximum Gasteiger partial charge on any atom is 0.255 e. The van der Waals surface area contributed by atoms with E-state index in [-0.39, 0.29) is 11.9 Å². The fourth-order valence-electron chi connectivity index (χ4n) is 3.33. The highest BCUT2D eigenvalue weighted by Crippen LogP contribution is 2.34. The number of nitrogens with zero attached hydrogens (tertiary/aromatic N) is 3. The smallest absolute Gasteiger partial charge is 0.255 e. The SMILES string of the molecule is Cc1cccc(-c2noc(C3CCCN3C(=O)c3ccccc3Br)n2)c1. The molecule has 132 valence electrons. The Hall–Kier alpha value is -2.47. The van der Waals surface area contributed by atoms with Gasteiger partial charge in [-0.3, -0.25) is 4.79 Å². The maximum absolute atomic E-state index is 13.0. The Morgan fingerprint density at radius 1 is 1.23 bits per heavy atom. The first-order valence-corrected chi connectivity index (χ1v) is 9.39. The molecule has 0 aliphatic carbocycles. The molecule has 0 spiro atoms. The maximum atomic E-state index is 13.0. The zero-order valence-corrected chi connectivity index (χ0v) is 15.9. The third-order valence-electron chi connectivity index (χ3n) is 4.62. The van der Waals surface area contributed by atoms with Crippen LogP contribution in [0.5, 0.6) is 0 Å². The van der Waals surface area contributed by atoms with Crippen molar-refractivity contribution in [2.24, 2.45) is 0 Å². The molecular formula is C20H18BrN3O2. The monoisotopic (exact) mass is 411 g/mol. The number of amides is 1. The van der Waals surface area contributed by atoms with Crippen molar-refractivity contribution in [3.8, 4) is 11.4 Å². The molecule has 5 nitrogen and oxygen atoms in total. The average Bonchev–Trinajstić information content (AvgIpc) is 3.31. The molecule has 26 heavy (non-hydrogen) atoms. The molecule has 0 saturated carbocycles. The largest absolute Gasteiger partial charge is 0.337 e. The molecule has 1 aliphatic rings. The number of benzene rings is 2. The van der Waals surface area contributed by atoms with Crippen molar-refractivity contribution < 1.29 is 9.32 Å². The summed E-state index contributed by atoms with van der Waals surface area (Å²) in [6, 6.07) is 15.3. The van der Waals surface area contributed by atoms with Crippen LogP contribution in [0.25, 0.3) is 11.4 Å². The van der Waals surface area contributed by atoms with Gasteiger partial charge in [0.1, 0.15) is 6.04 Å². The first-order chi connectivity index (χ1) is 12.6. The van der Waals surface area contributed by atoms with Crippen LogP contribution in [-0.2, 0) is 0 Å². The third kappa shape index (κ3) is 3.17. The quantitative estimate of drug-likeness (QED) is 0.621. The second-order valence-electron chi connectivity index (χ2n) is 6.46. The molecule has 0 N–H and O–H groups in total. The number of carbonyl (C=O) groups is 1. The molecule has 0 radical (unpaired) electrons. The van der Waals surface area contributed by atoms with Gasteiger partial charge >= 0.3 is 0 Å². The summed E-state index contributed by atoms with van der Waals surface area (Å²) in [7, 11) is 0. The standard InChI is InChI=1S/C20H18BrN3O2/c1-13-6-4-7-14(12-13)18-22-19(26-23-18)17-10-5-11-24(17)20(25)15-8-2-3-9-16(15)21/h2-4,6-9,12,17H,5,10-11H2,1H3. The summed E-state index contributed by atoms with van der Waals surface area (Å²) in [5, 5.41) is 4.12. The minimum absolute atomic E-state index is 0.0183. The second-order valence-corrected chi connectivity index (χ2v) is 7.32. The van der Waals surface area contributed by atoms with Crippen molar-refractivity contribution in [2.45, 2.75) is 25.8 Å². The van der Waals surface area contributed by atoms with Crippen LogP contribution >= 0.6 is 15.9 Å². The van der Waals surface area contributed by atoms with Crippen LogP contribution in [0.15, 0.2) is 57.5 Å². The first kappa shape index (κ1) is 17.0. The molecule has 2 heterocycles. The number of hydrogen-bond acceptors (Lipinski definition) is 4. The van der Waals surface area contributed by atoms with E-state index in [4.69, 9.17) is 4.52 Å². The van der Waals surface area contributed by atoms with Crippen molar-refractivity contribution in [3.63, 3.8) is 0 Å². The predicted octanol–water partition coefficient (Wildman–Crippen LogP) is 4.78. The van der Waals surface area contributed by atoms with E-state index < -0.39 is 0 Å². The van der Waals surface area contributed by atoms with Gasteiger partial charge in [-0.25, -0.2) is 0 Å². The fraction of sp³-hybridized carbons (Fsp3) is 0.250. The van der Waals surface area contributed by atoms with E-state index in [1.165, 1.54) is 0 Å². The zero-order chi connectivity index (χ0) is 18.1. The van der Waals surface area contributed by atoms with Crippen molar-refractivity contribution in [1.82, 2.24) is 15.0 Å². The van der Waals surface area contributed by atoms with Gasteiger partial charge in [0.25, 0.3) is 5.91 Å². The summed E-state index contributed by atoms with van der Waals surface area (Å²) < 4.78 is 6.32. The summed E-state index contributed by atoms with van der Waals surface area (Å²) in [5.74, 6) is 1.04. The molecule has 1 aromatic heterocycles. The summed E-state index contributed by atoms with van der Waals surface area (Å²) in [4.78, 5) is 19.4. The van der Waals surface area contributed by atoms with E-state index in [2.05, 4.69) is 26.1 Å².